The number of amides is 2. The first-order valence-electron chi connectivity index (χ1n) is 11.2. The molecule has 2 aliphatic heterocycles. The summed E-state index contributed by atoms with van der Waals surface area (Å²) in [5.41, 5.74) is 1.17. The van der Waals surface area contributed by atoms with E-state index in [0.29, 0.717) is 49.8 Å². The van der Waals surface area contributed by atoms with Crippen LogP contribution < -0.4 is 5.56 Å². The van der Waals surface area contributed by atoms with E-state index in [1.807, 2.05) is 4.90 Å². The van der Waals surface area contributed by atoms with Crippen molar-refractivity contribution in [2.24, 2.45) is 5.92 Å². The maximum absolute atomic E-state index is 12.8. The van der Waals surface area contributed by atoms with Crippen LogP contribution in [0.5, 0.6) is 0 Å². The first-order chi connectivity index (χ1) is 14.6. The Labute approximate surface area is 177 Å². The number of nitrogens with zero attached hydrogens (tertiary/aromatic N) is 3. The lowest BCUT2D eigenvalue weighted by molar-refractivity contribution is -0.136. The molecule has 1 aromatic rings. The van der Waals surface area contributed by atoms with Crippen LogP contribution in [-0.2, 0) is 27.3 Å². The number of nitrogens with one attached hydrogen (secondary N) is 1. The second kappa shape index (κ2) is 9.29. The highest BCUT2D eigenvalue weighted by Gasteiger charge is 2.33. The van der Waals surface area contributed by atoms with E-state index in [1.165, 1.54) is 26.4 Å². The van der Waals surface area contributed by atoms with Crippen LogP contribution >= 0.6 is 0 Å². The van der Waals surface area contributed by atoms with E-state index >= 15 is 0 Å². The van der Waals surface area contributed by atoms with E-state index in [4.69, 9.17) is 9.72 Å². The van der Waals surface area contributed by atoms with Crippen molar-refractivity contribution in [2.45, 2.75) is 70.4 Å². The molecule has 4 rings (SSSR count). The Balaban J connectivity index is 1.46. The fourth-order valence-electron chi connectivity index (χ4n) is 5.14. The van der Waals surface area contributed by atoms with Gasteiger partial charge in [-0.25, -0.2) is 4.98 Å². The zero-order valence-electron chi connectivity index (χ0n) is 17.8. The van der Waals surface area contributed by atoms with Crippen LogP contribution in [0, 0.1) is 5.92 Å². The van der Waals surface area contributed by atoms with E-state index in [2.05, 4.69) is 4.98 Å². The summed E-state index contributed by atoms with van der Waals surface area (Å²) in [7, 11) is 1.50. The molecule has 0 bridgehead atoms. The van der Waals surface area contributed by atoms with E-state index in [9.17, 15) is 14.4 Å². The number of aromatic nitrogens is 2. The molecule has 0 unspecified atom stereocenters. The molecule has 164 valence electrons. The highest BCUT2D eigenvalue weighted by molar-refractivity contribution is 5.78. The van der Waals surface area contributed by atoms with Crippen molar-refractivity contribution in [3.8, 4) is 0 Å². The minimum atomic E-state index is -0.211. The molecule has 1 saturated carbocycles. The minimum Gasteiger partial charge on any atom is -0.375 e. The molecule has 0 radical (unpaired) electrons. The molecule has 2 amide bonds. The highest BCUT2D eigenvalue weighted by Crippen LogP contribution is 2.31. The van der Waals surface area contributed by atoms with Crippen LogP contribution in [-0.4, -0.2) is 58.4 Å². The maximum atomic E-state index is 12.8. The second-order valence-corrected chi connectivity index (χ2v) is 8.83. The molecule has 8 heteroatoms. The zero-order chi connectivity index (χ0) is 21.1. The van der Waals surface area contributed by atoms with Gasteiger partial charge in [-0.05, 0) is 31.6 Å². The molecule has 0 aromatic carbocycles. The van der Waals surface area contributed by atoms with Crippen molar-refractivity contribution >= 4 is 11.8 Å². The molecular formula is C22H32N4O4. The topological polar surface area (TPSA) is 95.6 Å². The average Bonchev–Trinajstić information content (AvgIpc) is 3.24. The van der Waals surface area contributed by atoms with Gasteiger partial charge in [0.15, 0.2) is 0 Å². The van der Waals surface area contributed by atoms with Crippen molar-refractivity contribution < 1.29 is 14.3 Å². The number of methoxy groups -OCH3 is 1. The van der Waals surface area contributed by atoms with Crippen molar-refractivity contribution in [3.63, 3.8) is 0 Å². The van der Waals surface area contributed by atoms with E-state index in [-0.39, 0.29) is 30.0 Å². The average molecular weight is 417 g/mol. The highest BCUT2D eigenvalue weighted by atomic mass is 16.5. The van der Waals surface area contributed by atoms with Gasteiger partial charge in [-0.15, -0.1) is 0 Å². The van der Waals surface area contributed by atoms with Crippen LogP contribution in [0.25, 0.3) is 0 Å². The summed E-state index contributed by atoms with van der Waals surface area (Å²) in [4.78, 5) is 49.1. The molecule has 30 heavy (non-hydrogen) atoms. The monoisotopic (exact) mass is 416 g/mol. The van der Waals surface area contributed by atoms with E-state index < -0.39 is 0 Å². The number of carbonyl (C=O) groups excluding carboxylic acids is 2. The quantitative estimate of drug-likeness (QED) is 0.791. The lowest BCUT2D eigenvalue weighted by atomic mass is 9.86. The molecule has 1 atom stereocenters. The van der Waals surface area contributed by atoms with Gasteiger partial charge in [0.25, 0.3) is 5.56 Å². The lowest BCUT2D eigenvalue weighted by Gasteiger charge is -2.31. The molecule has 3 heterocycles. The van der Waals surface area contributed by atoms with Crippen molar-refractivity contribution in [1.29, 1.82) is 0 Å². The first-order valence-corrected chi connectivity index (χ1v) is 11.2. The van der Waals surface area contributed by atoms with Crippen LogP contribution in [0.15, 0.2) is 4.79 Å². The van der Waals surface area contributed by atoms with Gasteiger partial charge in [0, 0.05) is 33.0 Å². The van der Waals surface area contributed by atoms with Crippen molar-refractivity contribution in [3.05, 3.63) is 27.4 Å². The Hall–Kier alpha value is -2.22. The Kier molecular flexibility index (Phi) is 6.51. The van der Waals surface area contributed by atoms with Crippen LogP contribution in [0.3, 0.4) is 0 Å². The van der Waals surface area contributed by atoms with Gasteiger partial charge in [-0.2, -0.15) is 0 Å². The molecule has 8 nitrogen and oxygen atoms in total. The summed E-state index contributed by atoms with van der Waals surface area (Å²) >= 11 is 0. The Morgan fingerprint density at radius 3 is 2.67 bits per heavy atom. The summed E-state index contributed by atoms with van der Waals surface area (Å²) in [6, 6.07) is -0.211. The van der Waals surface area contributed by atoms with Crippen LogP contribution in [0.1, 0.15) is 74.5 Å². The normalized spacial score (nSPS) is 22.2. The number of hydrogen-bond donors (Lipinski definition) is 1. The number of aromatic amines is 1. The summed E-state index contributed by atoms with van der Waals surface area (Å²) in [6.45, 7) is 1.62. The summed E-state index contributed by atoms with van der Waals surface area (Å²) in [5.74, 6) is 1.12. The Bertz CT molecular complexity index is 846. The third kappa shape index (κ3) is 4.43. The number of ether oxygens (including phenoxy) is 1. The molecule has 1 aromatic heterocycles. The van der Waals surface area contributed by atoms with Crippen molar-refractivity contribution in [2.75, 3.05) is 26.8 Å². The van der Waals surface area contributed by atoms with Gasteiger partial charge in [-0.3, -0.25) is 14.4 Å². The minimum absolute atomic E-state index is 0.0315. The standard InChI is InChI=1S/C22H32N4O4/c1-30-14-20(28)26-10-5-8-18(26)21-23-17-9-11-25(13-16(17)22(29)24-21)19(27)12-15-6-3-2-4-7-15/h15,18H,2-14H2,1H3,(H,23,24,29)/t18-/m1/s1. The van der Waals surface area contributed by atoms with Crippen molar-refractivity contribution in [1.82, 2.24) is 19.8 Å². The number of likely N-dealkylation sites (tertiary alicyclic amines) is 1. The van der Waals surface area contributed by atoms with E-state index in [0.717, 1.165) is 31.4 Å². The number of carbonyl (C=O) groups is 2. The predicted molar refractivity (Wildman–Crippen MR) is 111 cm³/mol. The smallest absolute Gasteiger partial charge is 0.256 e. The fourth-order valence-corrected chi connectivity index (χ4v) is 5.14. The number of H-pyrrole nitrogens is 1. The molecule has 1 saturated heterocycles. The van der Waals surface area contributed by atoms with Crippen LogP contribution in [0.2, 0.25) is 0 Å². The third-order valence-corrected chi connectivity index (χ3v) is 6.78. The summed E-state index contributed by atoms with van der Waals surface area (Å²) < 4.78 is 4.98. The third-order valence-electron chi connectivity index (χ3n) is 6.78. The molecule has 2 fully saturated rings. The molecule has 0 spiro atoms. The molecule has 3 aliphatic rings. The SMILES string of the molecule is COCC(=O)N1CCC[C@@H]1c1nc2c(c(=O)[nH]1)CN(C(=O)CC1CCCCC1)CC2. The number of fused-ring (bicyclic) bond motifs is 1. The van der Waals surface area contributed by atoms with Gasteiger partial charge >= 0.3 is 0 Å². The summed E-state index contributed by atoms with van der Waals surface area (Å²) in [5, 5.41) is 0. The number of hydrogen-bond acceptors (Lipinski definition) is 5. The first kappa shape index (κ1) is 21.0. The molecule has 1 aliphatic carbocycles. The maximum Gasteiger partial charge on any atom is 0.256 e. The second-order valence-electron chi connectivity index (χ2n) is 8.83. The molecular weight excluding hydrogens is 384 g/mol. The van der Waals surface area contributed by atoms with Crippen LogP contribution in [0.4, 0.5) is 0 Å². The van der Waals surface area contributed by atoms with Gasteiger partial charge < -0.3 is 19.5 Å². The lowest BCUT2D eigenvalue weighted by Crippen LogP contribution is -2.41. The van der Waals surface area contributed by atoms with Gasteiger partial charge in [-0.1, -0.05) is 19.3 Å². The van der Waals surface area contributed by atoms with Gasteiger partial charge in [0.1, 0.15) is 12.4 Å². The predicted octanol–water partition coefficient (Wildman–Crippen LogP) is 1.93. The number of rotatable bonds is 5. The van der Waals surface area contributed by atoms with Gasteiger partial charge in [0.2, 0.25) is 11.8 Å². The van der Waals surface area contributed by atoms with E-state index in [1.54, 1.807) is 4.90 Å². The Morgan fingerprint density at radius 1 is 1.10 bits per heavy atom. The Morgan fingerprint density at radius 2 is 1.90 bits per heavy atom. The van der Waals surface area contributed by atoms with Gasteiger partial charge in [0.05, 0.1) is 23.8 Å². The molecule has 1 N–H and O–H groups in total. The largest absolute Gasteiger partial charge is 0.375 e. The summed E-state index contributed by atoms with van der Waals surface area (Å²) in [6.07, 6.45) is 8.84. The fraction of sp³-hybridized carbons (Fsp3) is 0.727. The zero-order valence-corrected chi connectivity index (χ0v) is 17.8.